The van der Waals surface area contributed by atoms with Crippen LogP contribution in [0.3, 0.4) is 0 Å². The molecule has 8 aromatic rings. The zero-order valence-electron chi connectivity index (χ0n) is 29.6. The summed E-state index contributed by atoms with van der Waals surface area (Å²) in [7, 11) is 0. The summed E-state index contributed by atoms with van der Waals surface area (Å²) in [4.78, 5) is 14.5. The Labute approximate surface area is 313 Å². The number of benzene rings is 4. The maximum atomic E-state index is 4.77. The normalized spacial score (nSPS) is 14.5. The summed E-state index contributed by atoms with van der Waals surface area (Å²) in [6, 6.07) is 49.2. The third-order valence-electron chi connectivity index (χ3n) is 11.3. The maximum absolute atomic E-state index is 4.77. The van der Waals surface area contributed by atoms with Crippen LogP contribution >= 0.6 is 22.7 Å². The molecule has 0 unspecified atom stereocenters. The van der Waals surface area contributed by atoms with Crippen LogP contribution in [-0.2, 0) is 10.8 Å². The van der Waals surface area contributed by atoms with Crippen LogP contribution in [0.5, 0.6) is 0 Å². The van der Waals surface area contributed by atoms with Crippen molar-refractivity contribution in [3.8, 4) is 75.4 Å². The van der Waals surface area contributed by atoms with Gasteiger partial charge in [0.2, 0.25) is 0 Å². The predicted molar refractivity (Wildman–Crippen MR) is 220 cm³/mol. The quantitative estimate of drug-likeness (QED) is 0.178. The van der Waals surface area contributed by atoms with Crippen molar-refractivity contribution < 1.29 is 0 Å². The lowest BCUT2D eigenvalue weighted by Gasteiger charge is -2.21. The van der Waals surface area contributed by atoms with Gasteiger partial charge in [-0.2, -0.15) is 0 Å². The van der Waals surface area contributed by atoms with Gasteiger partial charge >= 0.3 is 0 Å². The first-order valence-electron chi connectivity index (χ1n) is 17.9. The second-order valence-electron chi connectivity index (χ2n) is 15.0. The smallest absolute Gasteiger partial charge is 0.0892 e. The molecule has 0 spiro atoms. The summed E-state index contributed by atoms with van der Waals surface area (Å²) in [6.07, 6.45) is 3.81. The number of rotatable bonds is 5. The maximum Gasteiger partial charge on any atom is 0.0892 e. The molecular weight excluding hydrogens is 669 g/mol. The summed E-state index contributed by atoms with van der Waals surface area (Å²) in [6.45, 7) is 9.37. The van der Waals surface area contributed by atoms with Crippen molar-refractivity contribution in [3.05, 3.63) is 168 Å². The zero-order valence-corrected chi connectivity index (χ0v) is 31.2. The van der Waals surface area contributed by atoms with E-state index < -0.39 is 0 Å². The van der Waals surface area contributed by atoms with Crippen LogP contribution in [0, 0.1) is 0 Å². The summed E-state index contributed by atoms with van der Waals surface area (Å²) in [5, 5.41) is 0. The highest BCUT2D eigenvalue weighted by atomic mass is 32.1. The lowest BCUT2D eigenvalue weighted by molar-refractivity contribution is 0.660. The van der Waals surface area contributed by atoms with Crippen molar-refractivity contribution in [3.63, 3.8) is 0 Å². The lowest BCUT2D eigenvalue weighted by Crippen LogP contribution is -2.14. The van der Waals surface area contributed by atoms with Gasteiger partial charge in [0, 0.05) is 42.7 Å². The van der Waals surface area contributed by atoms with E-state index in [2.05, 4.69) is 161 Å². The molecule has 0 saturated carbocycles. The molecule has 0 N–H and O–H groups in total. The minimum atomic E-state index is -0.0136. The van der Waals surface area contributed by atoms with Gasteiger partial charge in [-0.05, 0) is 127 Å². The number of nitrogens with zero attached hydrogens (tertiary/aromatic N) is 2. The van der Waals surface area contributed by atoms with Crippen LogP contribution in [0.2, 0.25) is 0 Å². The standard InChI is InChI=1S/C48H36N2S2/c1-47(2)37-11-7-5-9-33(37)35-15-13-29(25-39(35)47)43-17-19-45(51-43)31-21-23-49-41(27-31)42-28-32(22-24-50-42)46-20-18-44(52-46)30-14-16-36-34-10-6-8-12-38(34)48(3,4)40(36)26-30/h5-28H,1-4H3. The third-order valence-corrected chi connectivity index (χ3v) is 13.7. The second-order valence-corrected chi connectivity index (χ2v) is 17.2. The van der Waals surface area contributed by atoms with Crippen LogP contribution in [0.25, 0.3) is 75.4 Å². The van der Waals surface area contributed by atoms with Gasteiger partial charge in [0.05, 0.1) is 11.4 Å². The van der Waals surface area contributed by atoms with E-state index in [1.54, 1.807) is 0 Å². The fraction of sp³-hybridized carbons (Fsp3) is 0.125. The molecule has 0 radical (unpaired) electrons. The van der Waals surface area contributed by atoms with E-state index in [9.17, 15) is 0 Å². The highest BCUT2D eigenvalue weighted by Gasteiger charge is 2.36. The van der Waals surface area contributed by atoms with Gasteiger partial charge in [0.15, 0.2) is 0 Å². The fourth-order valence-electron chi connectivity index (χ4n) is 8.46. The van der Waals surface area contributed by atoms with Gasteiger partial charge in [0.1, 0.15) is 0 Å². The predicted octanol–water partition coefficient (Wildman–Crippen LogP) is 13.5. The number of hydrogen-bond donors (Lipinski definition) is 0. The van der Waals surface area contributed by atoms with E-state index in [0.717, 1.165) is 22.5 Å². The molecule has 4 aromatic heterocycles. The number of hydrogen-bond acceptors (Lipinski definition) is 4. The van der Waals surface area contributed by atoms with E-state index in [1.165, 1.54) is 75.1 Å². The average Bonchev–Trinajstić information content (AvgIpc) is 3.97. The Bertz CT molecular complexity index is 2520. The van der Waals surface area contributed by atoms with Crippen LogP contribution in [0.15, 0.2) is 146 Å². The van der Waals surface area contributed by atoms with E-state index in [4.69, 9.17) is 9.97 Å². The molecule has 2 aliphatic carbocycles. The van der Waals surface area contributed by atoms with Crippen molar-refractivity contribution in [2.75, 3.05) is 0 Å². The zero-order chi connectivity index (χ0) is 35.2. The van der Waals surface area contributed by atoms with Crippen molar-refractivity contribution in [1.29, 1.82) is 0 Å². The molecule has 52 heavy (non-hydrogen) atoms. The second kappa shape index (κ2) is 11.5. The molecule has 4 heterocycles. The highest BCUT2D eigenvalue weighted by molar-refractivity contribution is 7.19. The van der Waals surface area contributed by atoms with Gasteiger partial charge in [-0.3, -0.25) is 9.97 Å². The van der Waals surface area contributed by atoms with E-state index in [0.29, 0.717) is 0 Å². The van der Waals surface area contributed by atoms with E-state index in [1.807, 2.05) is 35.1 Å². The Morgan fingerprint density at radius 1 is 0.365 bits per heavy atom. The minimum Gasteiger partial charge on any atom is -0.255 e. The molecule has 2 aliphatic rings. The first kappa shape index (κ1) is 31.3. The Hall–Kier alpha value is -5.42. The molecule has 4 aromatic carbocycles. The van der Waals surface area contributed by atoms with Gasteiger partial charge < -0.3 is 0 Å². The Kier molecular flexibility index (Phi) is 6.95. The largest absolute Gasteiger partial charge is 0.255 e. The van der Waals surface area contributed by atoms with Crippen molar-refractivity contribution >= 4 is 22.7 Å². The Morgan fingerprint density at radius 2 is 0.731 bits per heavy atom. The van der Waals surface area contributed by atoms with Gasteiger partial charge in [-0.15, -0.1) is 22.7 Å². The summed E-state index contributed by atoms with van der Waals surface area (Å²) in [5.74, 6) is 0. The number of pyridine rings is 2. The van der Waals surface area contributed by atoms with Gasteiger partial charge in [-0.25, -0.2) is 0 Å². The molecule has 0 aliphatic heterocycles. The van der Waals surface area contributed by atoms with Crippen molar-refractivity contribution in [2.45, 2.75) is 38.5 Å². The van der Waals surface area contributed by atoms with Gasteiger partial charge in [0.25, 0.3) is 0 Å². The minimum absolute atomic E-state index is 0.0136. The topological polar surface area (TPSA) is 25.8 Å². The lowest BCUT2D eigenvalue weighted by atomic mass is 9.82. The first-order valence-corrected chi connectivity index (χ1v) is 19.5. The Balaban J connectivity index is 0.920. The van der Waals surface area contributed by atoms with Crippen molar-refractivity contribution in [1.82, 2.24) is 9.97 Å². The number of fused-ring (bicyclic) bond motifs is 6. The molecule has 0 saturated heterocycles. The van der Waals surface area contributed by atoms with Gasteiger partial charge in [-0.1, -0.05) is 100 Å². The van der Waals surface area contributed by atoms with Crippen molar-refractivity contribution in [2.24, 2.45) is 0 Å². The first-order chi connectivity index (χ1) is 25.3. The van der Waals surface area contributed by atoms with Crippen LogP contribution in [-0.4, -0.2) is 9.97 Å². The average molecular weight is 705 g/mol. The number of aromatic nitrogens is 2. The third kappa shape index (κ3) is 4.82. The molecule has 0 bridgehead atoms. The fourth-order valence-corrected chi connectivity index (χ4v) is 10.5. The molecule has 4 heteroatoms. The summed E-state index contributed by atoms with van der Waals surface area (Å²) < 4.78 is 0. The number of thiophene rings is 2. The molecule has 250 valence electrons. The van der Waals surface area contributed by atoms with Crippen LogP contribution < -0.4 is 0 Å². The highest BCUT2D eigenvalue weighted by Crippen LogP contribution is 2.51. The summed E-state index contributed by atoms with van der Waals surface area (Å²) in [5.41, 5.74) is 17.6. The summed E-state index contributed by atoms with van der Waals surface area (Å²) >= 11 is 3.66. The molecule has 2 nitrogen and oxygen atoms in total. The molecule has 0 amide bonds. The molecule has 10 rings (SSSR count). The molecule has 0 atom stereocenters. The SMILES string of the molecule is CC1(C)c2ccccc2-c2ccc(-c3ccc(-c4ccnc(-c5cc(-c6ccc(-c7ccc8c(c7)C(C)(C)c7ccccc7-8)s6)ccn5)c4)s3)cc21. The van der Waals surface area contributed by atoms with Crippen LogP contribution in [0.1, 0.15) is 49.9 Å². The van der Waals surface area contributed by atoms with E-state index in [-0.39, 0.29) is 10.8 Å². The van der Waals surface area contributed by atoms with Crippen LogP contribution in [0.4, 0.5) is 0 Å². The molecular formula is C48H36N2S2. The Morgan fingerprint density at radius 3 is 1.15 bits per heavy atom. The monoisotopic (exact) mass is 704 g/mol. The van der Waals surface area contributed by atoms with E-state index >= 15 is 0 Å². The molecule has 0 fully saturated rings.